The zero-order valence-electron chi connectivity index (χ0n) is 15.1. The third-order valence-corrected chi connectivity index (χ3v) is 4.56. The average Bonchev–Trinajstić information content (AvgIpc) is 3.01. The van der Waals surface area contributed by atoms with Crippen LogP contribution in [0, 0.1) is 5.92 Å². The van der Waals surface area contributed by atoms with Crippen LogP contribution in [-0.2, 0) is 4.74 Å². The van der Waals surface area contributed by atoms with Crippen LogP contribution in [0.4, 0.5) is 0 Å². The number of likely N-dealkylation sites (tertiary alicyclic amines) is 1. The van der Waals surface area contributed by atoms with Crippen molar-refractivity contribution in [3.8, 4) is 0 Å². The van der Waals surface area contributed by atoms with Crippen molar-refractivity contribution < 1.29 is 4.74 Å². The number of ether oxygens (including phenoxy) is 1. The lowest BCUT2D eigenvalue weighted by atomic mass is 10.1. The fourth-order valence-corrected chi connectivity index (χ4v) is 3.29. The van der Waals surface area contributed by atoms with Gasteiger partial charge in [-0.3, -0.25) is 9.89 Å². The summed E-state index contributed by atoms with van der Waals surface area (Å²) in [5.74, 6) is 1.89. The van der Waals surface area contributed by atoms with Crippen LogP contribution >= 0.6 is 24.0 Å². The molecule has 0 aromatic carbocycles. The molecular weight excluding hydrogens is 403 g/mol. The third-order valence-electron chi connectivity index (χ3n) is 4.56. The van der Waals surface area contributed by atoms with Gasteiger partial charge in [0.1, 0.15) is 0 Å². The van der Waals surface area contributed by atoms with Crippen LogP contribution < -0.4 is 5.32 Å². The van der Waals surface area contributed by atoms with Crippen LogP contribution in [0.5, 0.6) is 0 Å². The van der Waals surface area contributed by atoms with E-state index in [-0.39, 0.29) is 24.0 Å². The molecule has 0 bridgehead atoms. The first-order valence-electron chi connectivity index (χ1n) is 9.05. The van der Waals surface area contributed by atoms with Gasteiger partial charge in [-0.25, -0.2) is 0 Å². The Hall–Kier alpha value is -0.0800. The smallest absolute Gasteiger partial charge is 0.193 e. The third kappa shape index (κ3) is 7.13. The minimum Gasteiger partial charge on any atom is -0.379 e. The van der Waals surface area contributed by atoms with Crippen LogP contribution in [-0.4, -0.2) is 74.3 Å². The summed E-state index contributed by atoms with van der Waals surface area (Å²) < 4.78 is 5.47. The fourth-order valence-electron chi connectivity index (χ4n) is 3.29. The zero-order chi connectivity index (χ0) is 15.8. The van der Waals surface area contributed by atoms with E-state index in [1.54, 1.807) is 0 Å². The second-order valence-corrected chi connectivity index (χ2v) is 6.81. The van der Waals surface area contributed by atoms with Crippen molar-refractivity contribution in [2.24, 2.45) is 10.9 Å². The number of guanidine groups is 1. The summed E-state index contributed by atoms with van der Waals surface area (Å²) in [5, 5.41) is 3.47. The summed E-state index contributed by atoms with van der Waals surface area (Å²) in [6.45, 7) is 14.8. The molecule has 2 heterocycles. The highest BCUT2D eigenvalue weighted by Crippen LogP contribution is 2.17. The van der Waals surface area contributed by atoms with Crippen LogP contribution in [0.2, 0.25) is 0 Å². The number of nitrogens with one attached hydrogen (secondary N) is 1. The van der Waals surface area contributed by atoms with Crippen molar-refractivity contribution in [1.82, 2.24) is 15.1 Å². The second-order valence-electron chi connectivity index (χ2n) is 6.81. The molecule has 2 rings (SSSR count). The number of hydrogen-bond acceptors (Lipinski definition) is 3. The molecule has 0 aromatic heterocycles. The van der Waals surface area contributed by atoms with Crippen molar-refractivity contribution in [3.05, 3.63) is 0 Å². The first kappa shape index (κ1) is 21.0. The quantitative estimate of drug-likeness (QED) is 0.299. The van der Waals surface area contributed by atoms with Gasteiger partial charge in [-0.1, -0.05) is 13.8 Å². The molecule has 5 nitrogen and oxygen atoms in total. The summed E-state index contributed by atoms with van der Waals surface area (Å²) in [7, 11) is 0. The minimum atomic E-state index is 0. The maximum absolute atomic E-state index is 5.47. The highest BCUT2D eigenvalue weighted by Gasteiger charge is 2.30. The molecule has 6 heteroatoms. The van der Waals surface area contributed by atoms with Crippen molar-refractivity contribution >= 4 is 29.9 Å². The molecule has 2 aliphatic heterocycles. The highest BCUT2D eigenvalue weighted by atomic mass is 127. The molecule has 23 heavy (non-hydrogen) atoms. The van der Waals surface area contributed by atoms with Crippen molar-refractivity contribution in [1.29, 1.82) is 0 Å². The summed E-state index contributed by atoms with van der Waals surface area (Å²) in [4.78, 5) is 9.87. The Morgan fingerprint density at radius 1 is 1.26 bits per heavy atom. The van der Waals surface area contributed by atoms with Gasteiger partial charge in [-0.2, -0.15) is 0 Å². The van der Waals surface area contributed by atoms with E-state index in [1.165, 1.54) is 19.3 Å². The van der Waals surface area contributed by atoms with E-state index in [0.717, 1.165) is 64.4 Å². The highest BCUT2D eigenvalue weighted by molar-refractivity contribution is 14.0. The van der Waals surface area contributed by atoms with Gasteiger partial charge in [0.25, 0.3) is 0 Å². The first-order valence-corrected chi connectivity index (χ1v) is 9.05. The van der Waals surface area contributed by atoms with Gasteiger partial charge in [0.05, 0.1) is 13.2 Å². The topological polar surface area (TPSA) is 40.1 Å². The lowest BCUT2D eigenvalue weighted by molar-refractivity contribution is 0.0195. The number of rotatable bonds is 6. The Balaban J connectivity index is 0.00000264. The Bertz CT molecular complexity index is 345. The molecule has 0 radical (unpaired) electrons. The Labute approximate surface area is 159 Å². The van der Waals surface area contributed by atoms with E-state index in [0.29, 0.717) is 6.04 Å². The monoisotopic (exact) mass is 438 g/mol. The molecule has 0 saturated carbocycles. The predicted octanol–water partition coefficient (Wildman–Crippen LogP) is 2.41. The van der Waals surface area contributed by atoms with Gasteiger partial charge < -0.3 is 15.0 Å². The van der Waals surface area contributed by atoms with E-state index in [2.05, 4.69) is 35.9 Å². The molecule has 0 amide bonds. The molecule has 136 valence electrons. The van der Waals surface area contributed by atoms with Crippen LogP contribution in [0.1, 0.15) is 40.0 Å². The van der Waals surface area contributed by atoms with Crippen molar-refractivity contribution in [3.63, 3.8) is 0 Å². The molecule has 2 saturated heterocycles. The van der Waals surface area contributed by atoms with E-state index in [9.17, 15) is 0 Å². The molecule has 2 aliphatic rings. The van der Waals surface area contributed by atoms with E-state index in [1.807, 2.05) is 0 Å². The molecule has 1 unspecified atom stereocenters. The van der Waals surface area contributed by atoms with Gasteiger partial charge in [-0.15, -0.1) is 24.0 Å². The molecular formula is C17H35IN4O. The minimum absolute atomic E-state index is 0. The number of nitrogens with zero attached hydrogens (tertiary/aromatic N) is 3. The molecule has 0 aromatic rings. The molecule has 1 N–H and O–H groups in total. The summed E-state index contributed by atoms with van der Waals surface area (Å²) >= 11 is 0. The summed E-state index contributed by atoms with van der Waals surface area (Å²) in [5.41, 5.74) is 0. The Morgan fingerprint density at radius 2 is 2.00 bits per heavy atom. The van der Waals surface area contributed by atoms with Crippen LogP contribution in [0.15, 0.2) is 4.99 Å². The maximum Gasteiger partial charge on any atom is 0.193 e. The van der Waals surface area contributed by atoms with E-state index < -0.39 is 0 Å². The normalized spacial score (nSPS) is 23.2. The molecule has 1 atom stereocenters. The zero-order valence-corrected chi connectivity index (χ0v) is 17.4. The van der Waals surface area contributed by atoms with Crippen molar-refractivity contribution in [2.45, 2.75) is 46.1 Å². The van der Waals surface area contributed by atoms with Crippen LogP contribution in [0.3, 0.4) is 0 Å². The number of morpholine rings is 1. The van der Waals surface area contributed by atoms with Gasteiger partial charge in [0.15, 0.2) is 5.96 Å². The van der Waals surface area contributed by atoms with Crippen LogP contribution in [0.25, 0.3) is 0 Å². The SMILES string of the molecule is CCNC(=NCCCC(C)C)N1CCC(N2CCOCC2)C1.I. The van der Waals surface area contributed by atoms with E-state index in [4.69, 9.17) is 9.73 Å². The molecule has 0 spiro atoms. The van der Waals surface area contributed by atoms with Gasteiger partial charge in [0.2, 0.25) is 0 Å². The van der Waals surface area contributed by atoms with Crippen molar-refractivity contribution in [2.75, 3.05) is 52.5 Å². The first-order chi connectivity index (χ1) is 10.7. The summed E-state index contributed by atoms with van der Waals surface area (Å²) in [6, 6.07) is 0.670. The molecule has 0 aliphatic carbocycles. The largest absolute Gasteiger partial charge is 0.379 e. The van der Waals surface area contributed by atoms with Gasteiger partial charge in [0, 0.05) is 45.3 Å². The summed E-state index contributed by atoms with van der Waals surface area (Å²) in [6.07, 6.45) is 3.70. The predicted molar refractivity (Wildman–Crippen MR) is 108 cm³/mol. The second kappa shape index (κ2) is 11.5. The average molecular weight is 438 g/mol. The Kier molecular flexibility index (Phi) is 10.5. The van der Waals surface area contributed by atoms with Gasteiger partial charge in [-0.05, 0) is 32.1 Å². The fraction of sp³-hybridized carbons (Fsp3) is 0.941. The maximum atomic E-state index is 5.47. The van der Waals surface area contributed by atoms with E-state index >= 15 is 0 Å². The number of halogens is 1. The van der Waals surface area contributed by atoms with Gasteiger partial charge >= 0.3 is 0 Å². The lowest BCUT2D eigenvalue weighted by Gasteiger charge is -2.32. The molecule has 2 fully saturated rings. The number of aliphatic imine (C=N–C) groups is 1. The Morgan fingerprint density at radius 3 is 2.65 bits per heavy atom. The standard InChI is InChI=1S/C17H34N4O.HI/c1-4-18-17(19-8-5-6-15(2)3)21-9-7-16(14-21)20-10-12-22-13-11-20;/h15-16H,4-14H2,1-3H3,(H,18,19);1H. The number of hydrogen-bond donors (Lipinski definition) is 1. The lowest BCUT2D eigenvalue weighted by Crippen LogP contribution is -2.46.